The van der Waals surface area contributed by atoms with Crippen molar-refractivity contribution in [2.75, 3.05) is 11.9 Å². The Bertz CT molecular complexity index is 317. The van der Waals surface area contributed by atoms with E-state index >= 15 is 0 Å². The molecule has 6 heteroatoms. The fraction of sp³-hybridized carbons (Fsp3) is 0.444. The number of hydrogen-bond donors (Lipinski definition) is 1. The molecule has 1 rings (SSSR count). The summed E-state index contributed by atoms with van der Waals surface area (Å²) in [6.45, 7) is 3.89. The third kappa shape index (κ3) is 4.05. The quantitative estimate of drug-likeness (QED) is 0.771. The standard InChI is InChI=1S/C9H12F3N3/c1-2-6-15-7-5-14-8(15)13-4-3-9(10,11)12/h2,5,7H,1,3-4,6H2,(H,13,14). The highest BCUT2D eigenvalue weighted by molar-refractivity contribution is 5.25. The van der Waals surface area contributed by atoms with Gasteiger partial charge in [-0.25, -0.2) is 4.98 Å². The maximum absolute atomic E-state index is 11.8. The Kier molecular flexibility index (Phi) is 3.76. The normalized spacial score (nSPS) is 11.4. The van der Waals surface area contributed by atoms with Crippen LogP contribution in [0, 0.1) is 0 Å². The Morgan fingerprint density at radius 2 is 2.27 bits per heavy atom. The summed E-state index contributed by atoms with van der Waals surface area (Å²) in [7, 11) is 0. The molecule has 15 heavy (non-hydrogen) atoms. The van der Waals surface area contributed by atoms with E-state index in [-0.39, 0.29) is 6.54 Å². The Hall–Kier alpha value is -1.46. The van der Waals surface area contributed by atoms with E-state index in [1.165, 1.54) is 6.20 Å². The molecule has 0 saturated heterocycles. The van der Waals surface area contributed by atoms with Crippen LogP contribution in [-0.2, 0) is 6.54 Å². The minimum atomic E-state index is -4.14. The molecular weight excluding hydrogens is 207 g/mol. The van der Waals surface area contributed by atoms with Crippen molar-refractivity contribution in [1.29, 1.82) is 0 Å². The number of rotatable bonds is 5. The molecule has 0 bridgehead atoms. The van der Waals surface area contributed by atoms with Crippen LogP contribution in [0.5, 0.6) is 0 Å². The second kappa shape index (κ2) is 4.86. The summed E-state index contributed by atoms with van der Waals surface area (Å²) in [5.74, 6) is 0.430. The SMILES string of the molecule is C=CCn1ccnc1NCCC(F)(F)F. The molecule has 1 aromatic heterocycles. The first-order chi connectivity index (χ1) is 7.03. The number of hydrogen-bond acceptors (Lipinski definition) is 2. The van der Waals surface area contributed by atoms with Crippen LogP contribution in [0.1, 0.15) is 6.42 Å². The second-order valence-corrected chi connectivity index (χ2v) is 2.98. The third-order valence-corrected chi connectivity index (χ3v) is 1.73. The fourth-order valence-corrected chi connectivity index (χ4v) is 1.08. The molecule has 0 atom stereocenters. The van der Waals surface area contributed by atoms with Gasteiger partial charge in [0, 0.05) is 25.5 Å². The molecule has 0 aliphatic rings. The van der Waals surface area contributed by atoms with E-state index in [9.17, 15) is 13.2 Å². The van der Waals surface area contributed by atoms with Crippen LogP contribution in [0.25, 0.3) is 0 Å². The van der Waals surface area contributed by atoms with E-state index in [4.69, 9.17) is 0 Å². The Morgan fingerprint density at radius 1 is 1.53 bits per heavy atom. The van der Waals surface area contributed by atoms with Gasteiger partial charge in [-0.15, -0.1) is 6.58 Å². The van der Waals surface area contributed by atoms with E-state index < -0.39 is 12.6 Å². The number of nitrogens with zero attached hydrogens (tertiary/aromatic N) is 2. The minimum Gasteiger partial charge on any atom is -0.355 e. The van der Waals surface area contributed by atoms with Crippen molar-refractivity contribution in [2.45, 2.75) is 19.1 Å². The van der Waals surface area contributed by atoms with Gasteiger partial charge in [0.2, 0.25) is 5.95 Å². The number of aromatic nitrogens is 2. The lowest BCUT2D eigenvalue weighted by atomic mass is 10.4. The molecule has 0 spiro atoms. The zero-order valence-corrected chi connectivity index (χ0v) is 8.09. The molecule has 0 fully saturated rings. The third-order valence-electron chi connectivity index (χ3n) is 1.73. The first-order valence-electron chi connectivity index (χ1n) is 4.45. The average molecular weight is 219 g/mol. The summed E-state index contributed by atoms with van der Waals surface area (Å²) < 4.78 is 37.2. The topological polar surface area (TPSA) is 29.9 Å². The van der Waals surface area contributed by atoms with Gasteiger partial charge in [0.05, 0.1) is 6.42 Å². The lowest BCUT2D eigenvalue weighted by Gasteiger charge is -2.09. The summed E-state index contributed by atoms with van der Waals surface area (Å²) in [5.41, 5.74) is 0. The first kappa shape index (κ1) is 11.6. The number of allylic oxidation sites excluding steroid dienone is 1. The molecule has 84 valence electrons. The van der Waals surface area contributed by atoms with E-state index in [1.807, 2.05) is 0 Å². The Labute approximate surface area is 85.6 Å². The predicted octanol–water partition coefficient (Wildman–Crippen LogP) is 2.43. The largest absolute Gasteiger partial charge is 0.390 e. The average Bonchev–Trinajstić information content (AvgIpc) is 2.51. The van der Waals surface area contributed by atoms with E-state index in [1.54, 1.807) is 16.8 Å². The monoisotopic (exact) mass is 219 g/mol. The smallest absolute Gasteiger partial charge is 0.355 e. The van der Waals surface area contributed by atoms with Gasteiger partial charge in [-0.05, 0) is 0 Å². The highest BCUT2D eigenvalue weighted by Gasteiger charge is 2.26. The van der Waals surface area contributed by atoms with Gasteiger partial charge in [-0.3, -0.25) is 0 Å². The summed E-state index contributed by atoms with van der Waals surface area (Å²) in [6, 6.07) is 0. The summed E-state index contributed by atoms with van der Waals surface area (Å²) in [5, 5.41) is 2.62. The highest BCUT2D eigenvalue weighted by atomic mass is 19.4. The molecule has 0 saturated carbocycles. The Morgan fingerprint density at radius 3 is 2.87 bits per heavy atom. The van der Waals surface area contributed by atoms with Crippen molar-refractivity contribution in [3.05, 3.63) is 25.0 Å². The van der Waals surface area contributed by atoms with Gasteiger partial charge in [-0.1, -0.05) is 6.08 Å². The van der Waals surface area contributed by atoms with Gasteiger partial charge in [-0.2, -0.15) is 13.2 Å². The van der Waals surface area contributed by atoms with Crippen molar-refractivity contribution in [2.24, 2.45) is 0 Å². The summed E-state index contributed by atoms with van der Waals surface area (Å²) in [4.78, 5) is 3.89. The maximum atomic E-state index is 11.8. The fourth-order valence-electron chi connectivity index (χ4n) is 1.08. The van der Waals surface area contributed by atoms with Gasteiger partial charge >= 0.3 is 6.18 Å². The minimum absolute atomic E-state index is 0.169. The number of alkyl halides is 3. The molecule has 0 amide bonds. The highest BCUT2D eigenvalue weighted by Crippen LogP contribution is 2.19. The van der Waals surface area contributed by atoms with Crippen LogP contribution in [0.3, 0.4) is 0 Å². The van der Waals surface area contributed by atoms with Crippen LogP contribution in [0.2, 0.25) is 0 Å². The molecule has 0 aliphatic heterocycles. The van der Waals surface area contributed by atoms with Crippen molar-refractivity contribution in [3.63, 3.8) is 0 Å². The molecule has 0 aliphatic carbocycles. The lowest BCUT2D eigenvalue weighted by Crippen LogP contribution is -2.16. The van der Waals surface area contributed by atoms with Crippen molar-refractivity contribution in [1.82, 2.24) is 9.55 Å². The van der Waals surface area contributed by atoms with Gasteiger partial charge in [0.25, 0.3) is 0 Å². The summed E-state index contributed by atoms with van der Waals surface area (Å²) >= 11 is 0. The van der Waals surface area contributed by atoms with Gasteiger partial charge < -0.3 is 9.88 Å². The van der Waals surface area contributed by atoms with E-state index in [2.05, 4.69) is 16.9 Å². The van der Waals surface area contributed by atoms with Crippen molar-refractivity contribution < 1.29 is 13.2 Å². The van der Waals surface area contributed by atoms with Gasteiger partial charge in [0.1, 0.15) is 0 Å². The molecule has 3 nitrogen and oxygen atoms in total. The zero-order valence-electron chi connectivity index (χ0n) is 8.09. The summed E-state index contributed by atoms with van der Waals surface area (Å²) in [6.07, 6.45) is -0.148. The van der Waals surface area contributed by atoms with Crippen LogP contribution >= 0.6 is 0 Å². The van der Waals surface area contributed by atoms with Crippen LogP contribution < -0.4 is 5.32 Å². The number of anilines is 1. The molecule has 1 N–H and O–H groups in total. The maximum Gasteiger partial charge on any atom is 0.390 e. The van der Waals surface area contributed by atoms with E-state index in [0.717, 1.165) is 0 Å². The van der Waals surface area contributed by atoms with E-state index in [0.29, 0.717) is 12.5 Å². The molecule has 0 aromatic carbocycles. The van der Waals surface area contributed by atoms with Crippen LogP contribution in [-0.4, -0.2) is 22.3 Å². The van der Waals surface area contributed by atoms with Crippen LogP contribution in [0.15, 0.2) is 25.0 Å². The first-order valence-corrected chi connectivity index (χ1v) is 4.45. The molecule has 0 radical (unpaired) electrons. The molecular formula is C9H12F3N3. The molecule has 0 unspecified atom stereocenters. The number of halogens is 3. The Balaban J connectivity index is 2.43. The van der Waals surface area contributed by atoms with Gasteiger partial charge in [0.15, 0.2) is 0 Å². The van der Waals surface area contributed by atoms with Crippen LogP contribution in [0.4, 0.5) is 19.1 Å². The lowest BCUT2D eigenvalue weighted by molar-refractivity contribution is -0.131. The predicted molar refractivity (Wildman–Crippen MR) is 51.6 cm³/mol. The molecule has 1 aromatic rings. The number of nitrogens with one attached hydrogen (secondary N) is 1. The number of imidazole rings is 1. The van der Waals surface area contributed by atoms with Crippen molar-refractivity contribution >= 4 is 5.95 Å². The molecule has 1 heterocycles. The second-order valence-electron chi connectivity index (χ2n) is 2.98. The van der Waals surface area contributed by atoms with Crippen molar-refractivity contribution in [3.8, 4) is 0 Å². The zero-order chi connectivity index (χ0) is 11.3.